The highest BCUT2D eigenvalue weighted by Gasteiger charge is 2.30. The minimum Gasteiger partial charge on any atom is -0.497 e. The van der Waals surface area contributed by atoms with Crippen molar-refractivity contribution in [3.05, 3.63) is 29.8 Å². The van der Waals surface area contributed by atoms with Crippen LogP contribution in [0.2, 0.25) is 0 Å². The molecule has 1 aromatic rings. The van der Waals surface area contributed by atoms with Gasteiger partial charge in [0.05, 0.1) is 13.7 Å². The average Bonchev–Trinajstić information content (AvgIpc) is 3.05. The third-order valence-electron chi connectivity index (χ3n) is 3.95. The molecule has 1 fully saturated rings. The number of methoxy groups -OCH3 is 1. The normalized spacial score (nSPS) is 16.2. The molecule has 0 bridgehead atoms. The number of aliphatic hydroxyl groups is 1. The molecule has 0 radical (unpaired) electrons. The van der Waals surface area contributed by atoms with E-state index in [9.17, 15) is 9.90 Å². The Morgan fingerprint density at radius 1 is 1.52 bits per heavy atom. The van der Waals surface area contributed by atoms with Gasteiger partial charge in [-0.2, -0.15) is 0 Å². The molecule has 2 rings (SSSR count). The Labute approximate surface area is 125 Å². The second kappa shape index (κ2) is 7.14. The molecule has 1 unspecified atom stereocenters. The molecule has 0 aliphatic heterocycles. The zero-order valence-electron chi connectivity index (χ0n) is 12.3. The number of carbonyl (C=O) groups is 1. The summed E-state index contributed by atoms with van der Waals surface area (Å²) in [5, 5.41) is 10.4. The van der Waals surface area contributed by atoms with Crippen LogP contribution in [-0.2, 0) is 4.79 Å². The summed E-state index contributed by atoms with van der Waals surface area (Å²) in [6.07, 6.45) is 8.30. The Hall–Kier alpha value is -1.99. The van der Waals surface area contributed by atoms with Crippen molar-refractivity contribution in [3.63, 3.8) is 0 Å². The third kappa shape index (κ3) is 3.56. The van der Waals surface area contributed by atoms with Gasteiger partial charge in [-0.25, -0.2) is 0 Å². The lowest BCUT2D eigenvalue weighted by Crippen LogP contribution is -2.42. The smallest absolute Gasteiger partial charge is 0.257 e. The summed E-state index contributed by atoms with van der Waals surface area (Å²) in [6.45, 7) is 0.241. The molecule has 1 saturated carbocycles. The number of amides is 1. The van der Waals surface area contributed by atoms with E-state index in [1.807, 2.05) is 0 Å². The third-order valence-corrected chi connectivity index (χ3v) is 3.95. The Morgan fingerprint density at radius 2 is 2.24 bits per heavy atom. The maximum atomic E-state index is 12.6. The zero-order valence-corrected chi connectivity index (χ0v) is 12.3. The molecule has 112 valence electrons. The number of benzene rings is 1. The molecule has 1 aromatic carbocycles. The minimum absolute atomic E-state index is 0.147. The molecule has 1 aliphatic carbocycles. The second-order valence-electron chi connectivity index (χ2n) is 5.29. The van der Waals surface area contributed by atoms with Crippen LogP contribution in [0.15, 0.2) is 24.3 Å². The van der Waals surface area contributed by atoms with Crippen LogP contribution in [0.3, 0.4) is 0 Å². The van der Waals surface area contributed by atoms with Crippen molar-refractivity contribution in [3.8, 4) is 18.1 Å². The van der Waals surface area contributed by atoms with Gasteiger partial charge in [-0.15, -0.1) is 6.42 Å². The summed E-state index contributed by atoms with van der Waals surface area (Å²) in [5.41, 5.74) is 0.527. The van der Waals surface area contributed by atoms with Crippen LogP contribution in [0, 0.1) is 12.3 Å². The Balaban J connectivity index is 2.16. The van der Waals surface area contributed by atoms with Gasteiger partial charge in [0.1, 0.15) is 5.75 Å². The Kier molecular flexibility index (Phi) is 5.24. The van der Waals surface area contributed by atoms with Crippen LogP contribution >= 0.6 is 0 Å². The predicted molar refractivity (Wildman–Crippen MR) is 80.8 cm³/mol. The summed E-state index contributed by atoms with van der Waals surface area (Å²) >= 11 is 0. The van der Waals surface area contributed by atoms with E-state index in [0.717, 1.165) is 25.7 Å². The molecule has 1 amide bonds. The van der Waals surface area contributed by atoms with Crippen molar-refractivity contribution in [1.29, 1.82) is 0 Å². The molecule has 0 heterocycles. The Bertz CT molecular complexity index is 529. The molecule has 0 saturated heterocycles. The van der Waals surface area contributed by atoms with Crippen LogP contribution in [-0.4, -0.2) is 35.6 Å². The lowest BCUT2D eigenvalue weighted by atomic mass is 10.1. The Morgan fingerprint density at radius 3 is 2.86 bits per heavy atom. The van der Waals surface area contributed by atoms with Gasteiger partial charge in [-0.05, 0) is 30.5 Å². The van der Waals surface area contributed by atoms with Gasteiger partial charge in [-0.3, -0.25) is 4.79 Å². The maximum absolute atomic E-state index is 12.6. The number of terminal acetylenes is 1. The lowest BCUT2D eigenvalue weighted by Gasteiger charge is -2.29. The molecule has 4 nitrogen and oxygen atoms in total. The van der Waals surface area contributed by atoms with Crippen molar-refractivity contribution in [2.75, 3.05) is 13.7 Å². The summed E-state index contributed by atoms with van der Waals surface area (Å²) in [7, 11) is 1.55. The van der Waals surface area contributed by atoms with Crippen molar-refractivity contribution >= 4 is 5.91 Å². The summed E-state index contributed by atoms with van der Waals surface area (Å²) in [4.78, 5) is 14.2. The number of hydrogen-bond acceptors (Lipinski definition) is 3. The van der Waals surface area contributed by atoms with E-state index in [2.05, 4.69) is 5.92 Å². The first kappa shape index (κ1) is 15.4. The summed E-state index contributed by atoms with van der Waals surface area (Å²) < 4.78 is 5.12. The van der Waals surface area contributed by atoms with Crippen LogP contribution in [0.4, 0.5) is 0 Å². The number of aliphatic hydroxyl groups excluding tert-OH is 1. The molecule has 1 N–H and O–H groups in total. The number of rotatable bonds is 5. The molecule has 1 atom stereocenters. The highest BCUT2D eigenvalue weighted by atomic mass is 16.5. The van der Waals surface area contributed by atoms with Crippen molar-refractivity contribution in [2.24, 2.45) is 0 Å². The van der Waals surface area contributed by atoms with E-state index >= 15 is 0 Å². The first-order chi connectivity index (χ1) is 10.2. The number of nitrogens with zero attached hydrogens (tertiary/aromatic N) is 1. The fraction of sp³-hybridized carbons (Fsp3) is 0.471. The fourth-order valence-electron chi connectivity index (χ4n) is 2.81. The van der Waals surface area contributed by atoms with Crippen LogP contribution < -0.4 is 4.74 Å². The van der Waals surface area contributed by atoms with E-state index in [4.69, 9.17) is 11.2 Å². The predicted octanol–water partition coefficient (Wildman–Crippen LogP) is 2.13. The molecule has 4 heteroatoms. The molecule has 21 heavy (non-hydrogen) atoms. The van der Waals surface area contributed by atoms with Gasteiger partial charge in [0, 0.05) is 6.04 Å². The van der Waals surface area contributed by atoms with E-state index in [0.29, 0.717) is 11.3 Å². The largest absolute Gasteiger partial charge is 0.497 e. The van der Waals surface area contributed by atoms with E-state index in [1.54, 1.807) is 36.3 Å². The topological polar surface area (TPSA) is 49.8 Å². The number of ether oxygens (including phenoxy) is 1. The van der Waals surface area contributed by atoms with Gasteiger partial charge in [0.15, 0.2) is 6.10 Å². The quantitative estimate of drug-likeness (QED) is 0.844. The minimum atomic E-state index is -1.20. The van der Waals surface area contributed by atoms with E-state index in [1.165, 1.54) is 0 Å². The van der Waals surface area contributed by atoms with Gasteiger partial charge in [0.25, 0.3) is 5.91 Å². The number of carbonyl (C=O) groups excluding carboxylic acids is 1. The van der Waals surface area contributed by atoms with Gasteiger partial charge in [-0.1, -0.05) is 30.9 Å². The first-order valence-electron chi connectivity index (χ1n) is 7.23. The monoisotopic (exact) mass is 287 g/mol. The highest BCUT2D eigenvalue weighted by Crippen LogP contribution is 2.27. The number of hydrogen-bond donors (Lipinski definition) is 1. The molecule has 1 aliphatic rings. The van der Waals surface area contributed by atoms with Crippen molar-refractivity contribution in [1.82, 2.24) is 4.90 Å². The van der Waals surface area contributed by atoms with Crippen LogP contribution in [0.5, 0.6) is 5.75 Å². The SMILES string of the molecule is C#CCN(C(=O)C(O)c1cccc(OC)c1)C1CCCC1. The molecule has 0 aromatic heterocycles. The molecular formula is C17H21NO3. The summed E-state index contributed by atoms with van der Waals surface area (Å²) in [6, 6.07) is 7.07. The first-order valence-corrected chi connectivity index (χ1v) is 7.23. The van der Waals surface area contributed by atoms with E-state index < -0.39 is 6.10 Å². The standard InChI is InChI=1S/C17H21NO3/c1-3-11-18(14-8-4-5-9-14)17(20)16(19)13-7-6-10-15(12-13)21-2/h1,6-7,10,12,14,16,19H,4-5,8-9,11H2,2H3. The van der Waals surface area contributed by atoms with Crippen LogP contribution in [0.25, 0.3) is 0 Å². The highest BCUT2D eigenvalue weighted by molar-refractivity contribution is 5.82. The summed E-state index contributed by atoms with van der Waals surface area (Å²) in [5.74, 6) is 2.81. The van der Waals surface area contributed by atoms with Crippen molar-refractivity contribution in [2.45, 2.75) is 37.8 Å². The van der Waals surface area contributed by atoms with Crippen molar-refractivity contribution < 1.29 is 14.6 Å². The van der Waals surface area contributed by atoms with Gasteiger partial charge < -0.3 is 14.7 Å². The van der Waals surface area contributed by atoms with E-state index in [-0.39, 0.29) is 18.5 Å². The average molecular weight is 287 g/mol. The van der Waals surface area contributed by atoms with Gasteiger partial charge >= 0.3 is 0 Å². The lowest BCUT2D eigenvalue weighted by molar-refractivity contribution is -0.142. The van der Waals surface area contributed by atoms with Gasteiger partial charge in [0.2, 0.25) is 0 Å². The second-order valence-corrected chi connectivity index (χ2v) is 5.29. The fourth-order valence-corrected chi connectivity index (χ4v) is 2.81. The zero-order chi connectivity index (χ0) is 15.2. The molecule has 0 spiro atoms. The van der Waals surface area contributed by atoms with Crippen LogP contribution in [0.1, 0.15) is 37.4 Å². The molecular weight excluding hydrogens is 266 g/mol. The maximum Gasteiger partial charge on any atom is 0.257 e.